The summed E-state index contributed by atoms with van der Waals surface area (Å²) in [6.45, 7) is 1.03. The molecule has 1 aliphatic heterocycles. The molecule has 2 aliphatic rings. The lowest BCUT2D eigenvalue weighted by Gasteiger charge is -2.52. The minimum absolute atomic E-state index is 0.0139. The topological polar surface area (TPSA) is 12.0 Å². The van der Waals surface area contributed by atoms with Gasteiger partial charge in [-0.15, -0.1) is 0 Å². The smallest absolute Gasteiger partial charge is 0.118 e. The number of alkyl halides is 1. The van der Waals surface area contributed by atoms with Gasteiger partial charge in [0, 0.05) is 0 Å². The van der Waals surface area contributed by atoms with Crippen LogP contribution in [0.1, 0.15) is 19.3 Å². The molecule has 0 bridgehead atoms. The van der Waals surface area contributed by atoms with E-state index in [9.17, 15) is 4.39 Å². The van der Waals surface area contributed by atoms with Crippen LogP contribution in [0.15, 0.2) is 0 Å². The molecule has 1 aliphatic carbocycles. The van der Waals surface area contributed by atoms with Crippen LogP contribution in [0.3, 0.4) is 0 Å². The Hall–Kier alpha value is -0.110. The summed E-state index contributed by atoms with van der Waals surface area (Å²) in [6.07, 6.45) is 2.38. The predicted molar refractivity (Wildman–Crippen MR) is 29.5 cm³/mol. The third-order valence-corrected chi connectivity index (χ3v) is 2.49. The maximum atomic E-state index is 12.6. The van der Waals surface area contributed by atoms with Crippen molar-refractivity contribution in [3.63, 3.8) is 0 Å². The monoisotopic (exact) mass is 115 g/mol. The van der Waals surface area contributed by atoms with E-state index in [2.05, 4.69) is 5.32 Å². The second kappa shape index (κ2) is 1.24. The summed E-state index contributed by atoms with van der Waals surface area (Å²) >= 11 is 0. The van der Waals surface area contributed by atoms with E-state index >= 15 is 0 Å². The lowest BCUT2D eigenvalue weighted by molar-refractivity contribution is -0.00854. The average molecular weight is 115 g/mol. The fourth-order valence-corrected chi connectivity index (χ4v) is 1.53. The van der Waals surface area contributed by atoms with Gasteiger partial charge in [-0.2, -0.15) is 0 Å². The molecular formula is C6H10FN. The summed E-state index contributed by atoms with van der Waals surface area (Å²) in [5, 5.41) is 3.13. The van der Waals surface area contributed by atoms with Crippen LogP contribution in [0, 0.1) is 0 Å². The Bertz CT molecular complexity index is 104. The first kappa shape index (κ1) is 4.74. The van der Waals surface area contributed by atoms with Crippen LogP contribution in [-0.4, -0.2) is 18.3 Å². The first-order valence-corrected chi connectivity index (χ1v) is 3.23. The molecule has 2 rings (SSSR count). The van der Waals surface area contributed by atoms with Crippen LogP contribution in [0.2, 0.25) is 0 Å². The van der Waals surface area contributed by atoms with Gasteiger partial charge in [0.2, 0.25) is 0 Å². The van der Waals surface area contributed by atoms with Gasteiger partial charge in [0.25, 0.3) is 0 Å². The van der Waals surface area contributed by atoms with Crippen molar-refractivity contribution < 1.29 is 4.39 Å². The summed E-state index contributed by atoms with van der Waals surface area (Å²) in [6, 6.07) is 0. The summed E-state index contributed by atoms with van der Waals surface area (Å²) in [5.74, 6) is 0. The molecule has 2 unspecified atom stereocenters. The van der Waals surface area contributed by atoms with Gasteiger partial charge in [0.15, 0.2) is 0 Å². The SMILES string of the molecule is FC1CCC12CCN2. The zero-order valence-corrected chi connectivity index (χ0v) is 4.78. The Morgan fingerprint density at radius 3 is 2.25 bits per heavy atom. The van der Waals surface area contributed by atoms with Gasteiger partial charge in [-0.1, -0.05) is 0 Å². The third-order valence-electron chi connectivity index (χ3n) is 2.49. The van der Waals surface area contributed by atoms with E-state index < -0.39 is 6.17 Å². The maximum Gasteiger partial charge on any atom is 0.118 e. The molecule has 2 fully saturated rings. The molecule has 1 spiro atoms. The molecule has 1 heterocycles. The van der Waals surface area contributed by atoms with Crippen molar-refractivity contribution in [2.75, 3.05) is 6.54 Å². The molecule has 46 valence electrons. The van der Waals surface area contributed by atoms with Crippen LogP contribution in [-0.2, 0) is 0 Å². The molecule has 0 aromatic rings. The van der Waals surface area contributed by atoms with Crippen molar-refractivity contribution in [1.82, 2.24) is 5.32 Å². The van der Waals surface area contributed by atoms with Crippen molar-refractivity contribution >= 4 is 0 Å². The van der Waals surface area contributed by atoms with E-state index in [0.717, 1.165) is 25.8 Å². The maximum absolute atomic E-state index is 12.6. The van der Waals surface area contributed by atoms with Gasteiger partial charge in [-0.25, -0.2) is 4.39 Å². The lowest BCUT2D eigenvalue weighted by atomic mass is 9.68. The molecule has 0 aromatic carbocycles. The van der Waals surface area contributed by atoms with Crippen molar-refractivity contribution in [2.45, 2.75) is 31.0 Å². The first-order chi connectivity index (χ1) is 3.83. The van der Waals surface area contributed by atoms with E-state index in [1.807, 2.05) is 0 Å². The van der Waals surface area contributed by atoms with Gasteiger partial charge < -0.3 is 5.32 Å². The number of hydrogen-bond donors (Lipinski definition) is 1. The fraction of sp³-hybridized carbons (Fsp3) is 1.00. The Kier molecular flexibility index (Phi) is 0.734. The summed E-state index contributed by atoms with van der Waals surface area (Å²) in [4.78, 5) is 0. The van der Waals surface area contributed by atoms with Crippen LogP contribution in [0.4, 0.5) is 4.39 Å². The number of halogens is 1. The second-order valence-electron chi connectivity index (χ2n) is 2.84. The van der Waals surface area contributed by atoms with E-state index in [0.29, 0.717) is 0 Å². The van der Waals surface area contributed by atoms with Gasteiger partial charge in [-0.3, -0.25) is 0 Å². The van der Waals surface area contributed by atoms with E-state index in [1.54, 1.807) is 0 Å². The molecular weight excluding hydrogens is 105 g/mol. The highest BCUT2D eigenvalue weighted by Gasteiger charge is 2.51. The second-order valence-corrected chi connectivity index (χ2v) is 2.84. The van der Waals surface area contributed by atoms with Crippen LogP contribution in [0.5, 0.6) is 0 Å². The molecule has 0 amide bonds. The molecule has 2 heteroatoms. The van der Waals surface area contributed by atoms with Crippen LogP contribution < -0.4 is 5.32 Å². The standard InChI is InChI=1S/C6H10FN/c7-5-1-2-6(5)3-4-8-6/h5,8H,1-4H2. The summed E-state index contributed by atoms with van der Waals surface area (Å²) in [7, 11) is 0. The van der Waals surface area contributed by atoms with Crippen molar-refractivity contribution in [3.05, 3.63) is 0 Å². The van der Waals surface area contributed by atoms with Crippen LogP contribution in [0.25, 0.3) is 0 Å². The molecule has 8 heavy (non-hydrogen) atoms. The molecule has 1 N–H and O–H groups in total. The Morgan fingerprint density at radius 1 is 1.50 bits per heavy atom. The predicted octanol–water partition coefficient (Wildman–Crippen LogP) is 0.850. The normalized spacial score (nSPS) is 52.9. The van der Waals surface area contributed by atoms with Crippen molar-refractivity contribution in [1.29, 1.82) is 0 Å². The Labute approximate surface area is 48.3 Å². The van der Waals surface area contributed by atoms with Crippen molar-refractivity contribution in [2.24, 2.45) is 0 Å². The van der Waals surface area contributed by atoms with Gasteiger partial charge in [-0.05, 0) is 25.8 Å². The zero-order chi connectivity index (χ0) is 5.61. The molecule has 1 saturated carbocycles. The van der Waals surface area contributed by atoms with E-state index in [1.165, 1.54) is 0 Å². The largest absolute Gasteiger partial charge is 0.309 e. The third kappa shape index (κ3) is 0.356. The van der Waals surface area contributed by atoms with Gasteiger partial charge in [0.05, 0.1) is 5.54 Å². The Balaban J connectivity index is 2.03. The highest BCUT2D eigenvalue weighted by atomic mass is 19.1. The minimum Gasteiger partial charge on any atom is -0.309 e. The number of rotatable bonds is 0. The quantitative estimate of drug-likeness (QED) is 0.493. The molecule has 0 aromatic heterocycles. The Morgan fingerprint density at radius 2 is 2.25 bits per heavy atom. The van der Waals surface area contributed by atoms with E-state index in [4.69, 9.17) is 0 Å². The highest BCUT2D eigenvalue weighted by Crippen LogP contribution is 2.41. The zero-order valence-electron chi connectivity index (χ0n) is 4.78. The molecule has 1 nitrogen and oxygen atoms in total. The highest BCUT2D eigenvalue weighted by molar-refractivity contribution is 5.09. The number of hydrogen-bond acceptors (Lipinski definition) is 1. The molecule has 1 saturated heterocycles. The minimum atomic E-state index is -0.531. The molecule has 0 radical (unpaired) electrons. The lowest BCUT2D eigenvalue weighted by Crippen LogP contribution is -2.68. The number of nitrogens with one attached hydrogen (secondary N) is 1. The fourth-order valence-electron chi connectivity index (χ4n) is 1.53. The van der Waals surface area contributed by atoms with Crippen LogP contribution >= 0.6 is 0 Å². The molecule has 2 atom stereocenters. The average Bonchev–Trinajstić information content (AvgIpc) is 1.58. The first-order valence-electron chi connectivity index (χ1n) is 3.23. The van der Waals surface area contributed by atoms with E-state index in [-0.39, 0.29) is 5.54 Å². The summed E-state index contributed by atoms with van der Waals surface area (Å²) < 4.78 is 12.6. The van der Waals surface area contributed by atoms with Gasteiger partial charge in [0.1, 0.15) is 6.17 Å². The van der Waals surface area contributed by atoms with Crippen molar-refractivity contribution in [3.8, 4) is 0 Å². The van der Waals surface area contributed by atoms with Gasteiger partial charge >= 0.3 is 0 Å². The summed E-state index contributed by atoms with van der Waals surface area (Å²) in [5.41, 5.74) is -0.0139.